The zero-order valence-corrected chi connectivity index (χ0v) is 18.4. The van der Waals surface area contributed by atoms with E-state index in [1.165, 1.54) is 28.9 Å². The smallest absolute Gasteiger partial charge is 0.250 e. The number of phenols is 1. The van der Waals surface area contributed by atoms with Gasteiger partial charge in [0.25, 0.3) is 5.91 Å². The third-order valence-corrected chi connectivity index (χ3v) is 5.78. The third-order valence-electron chi connectivity index (χ3n) is 5.78. The molecule has 0 bridgehead atoms. The van der Waals surface area contributed by atoms with Crippen molar-refractivity contribution in [3.8, 4) is 22.7 Å². The Balaban J connectivity index is 1.53. The predicted molar refractivity (Wildman–Crippen MR) is 121 cm³/mol. The van der Waals surface area contributed by atoms with Crippen LogP contribution in [-0.2, 0) is 16.0 Å². The van der Waals surface area contributed by atoms with Crippen LogP contribution in [0, 0.1) is 17.5 Å². The van der Waals surface area contributed by atoms with E-state index in [0.717, 1.165) is 23.8 Å². The van der Waals surface area contributed by atoms with E-state index in [1.54, 1.807) is 35.4 Å². The molecule has 0 spiro atoms. The van der Waals surface area contributed by atoms with Crippen molar-refractivity contribution in [3.05, 3.63) is 102 Å². The van der Waals surface area contributed by atoms with E-state index >= 15 is 0 Å². The van der Waals surface area contributed by atoms with Crippen molar-refractivity contribution in [1.82, 2.24) is 14.7 Å². The highest BCUT2D eigenvalue weighted by atomic mass is 19.1. The van der Waals surface area contributed by atoms with Crippen molar-refractivity contribution >= 4 is 5.91 Å². The summed E-state index contributed by atoms with van der Waals surface area (Å²) in [5.41, 5.74) is 2.52. The normalized spacial score (nSPS) is 15.7. The van der Waals surface area contributed by atoms with E-state index in [-0.39, 0.29) is 24.0 Å². The molecule has 1 amide bonds. The number of hydrogen-bond acceptors (Lipinski definition) is 4. The number of carbonyl (C=O) groups is 1. The summed E-state index contributed by atoms with van der Waals surface area (Å²) < 4.78 is 48.4. The van der Waals surface area contributed by atoms with Crippen LogP contribution < -0.4 is 0 Å². The van der Waals surface area contributed by atoms with Crippen molar-refractivity contribution in [2.24, 2.45) is 0 Å². The second-order valence-electron chi connectivity index (χ2n) is 8.18. The van der Waals surface area contributed by atoms with Gasteiger partial charge in [0.15, 0.2) is 6.23 Å². The summed E-state index contributed by atoms with van der Waals surface area (Å²) in [4.78, 5) is 14.2. The molecule has 1 aliphatic rings. The molecule has 5 rings (SSSR count). The van der Waals surface area contributed by atoms with E-state index < -0.39 is 23.7 Å². The molecule has 6 nitrogen and oxygen atoms in total. The molecular formula is C26H20F3N3O3. The number of phenolic OH excluding ortho intramolecular Hbond substituents is 1. The monoisotopic (exact) mass is 479 g/mol. The fraction of sp³-hybridized carbons (Fsp3) is 0.154. The van der Waals surface area contributed by atoms with Gasteiger partial charge in [-0.15, -0.1) is 0 Å². The third kappa shape index (κ3) is 4.76. The first kappa shape index (κ1) is 22.7. The second kappa shape index (κ2) is 9.27. The lowest BCUT2D eigenvalue weighted by Crippen LogP contribution is -2.30. The van der Waals surface area contributed by atoms with Crippen LogP contribution in [0.1, 0.15) is 17.4 Å². The summed E-state index contributed by atoms with van der Waals surface area (Å²) in [5, 5.41) is 14.0. The Hall–Kier alpha value is -4.11. The molecule has 35 heavy (non-hydrogen) atoms. The van der Waals surface area contributed by atoms with E-state index in [9.17, 15) is 23.1 Å². The standard InChI is InChI=1S/C26H20F3N3O3/c27-18-5-3-17(4-6-18)25-23(14-32(30-25)21-12-19(28)11-20(29)13-21)26-31(24(34)15-35-26)10-9-16-1-7-22(33)8-2-16/h1-8,11-14,26,33H,9-10,15H2. The SMILES string of the molecule is O=C1COC(c2cn(-c3cc(F)cc(F)c3)nc2-c2ccc(F)cc2)N1CCc1ccc(O)cc1. The Labute approximate surface area is 198 Å². The Morgan fingerprint density at radius 1 is 0.943 bits per heavy atom. The number of carbonyl (C=O) groups excluding carboxylic acids is 1. The lowest BCUT2D eigenvalue weighted by atomic mass is 10.1. The van der Waals surface area contributed by atoms with Crippen molar-refractivity contribution < 1.29 is 27.8 Å². The summed E-state index contributed by atoms with van der Waals surface area (Å²) in [6, 6.07) is 15.4. The van der Waals surface area contributed by atoms with E-state index in [1.807, 2.05) is 0 Å². The van der Waals surface area contributed by atoms with Crippen LogP contribution >= 0.6 is 0 Å². The molecule has 1 atom stereocenters. The van der Waals surface area contributed by atoms with Crippen molar-refractivity contribution in [3.63, 3.8) is 0 Å². The molecule has 0 saturated carbocycles. The highest BCUT2D eigenvalue weighted by Gasteiger charge is 2.36. The number of rotatable bonds is 6. The minimum absolute atomic E-state index is 0.136. The van der Waals surface area contributed by atoms with Crippen LogP contribution in [0.4, 0.5) is 13.2 Å². The molecule has 1 N–H and O–H groups in total. The molecule has 1 unspecified atom stereocenters. The zero-order valence-electron chi connectivity index (χ0n) is 18.4. The maximum absolute atomic E-state index is 13.9. The average molecular weight is 479 g/mol. The van der Waals surface area contributed by atoms with Crippen LogP contribution in [0.2, 0.25) is 0 Å². The van der Waals surface area contributed by atoms with Crippen LogP contribution in [-0.4, -0.2) is 38.8 Å². The van der Waals surface area contributed by atoms with Gasteiger partial charge in [-0.3, -0.25) is 4.79 Å². The number of aromatic hydroxyl groups is 1. The van der Waals surface area contributed by atoms with Gasteiger partial charge in [0.2, 0.25) is 0 Å². The Morgan fingerprint density at radius 2 is 1.63 bits per heavy atom. The Bertz CT molecular complexity index is 1350. The molecule has 0 radical (unpaired) electrons. The predicted octanol–water partition coefficient (Wildman–Crippen LogP) is 4.76. The number of nitrogens with zero attached hydrogens (tertiary/aromatic N) is 3. The minimum Gasteiger partial charge on any atom is -0.508 e. The Morgan fingerprint density at radius 3 is 2.31 bits per heavy atom. The molecule has 178 valence electrons. The van der Waals surface area contributed by atoms with Gasteiger partial charge in [0, 0.05) is 29.9 Å². The van der Waals surface area contributed by atoms with Crippen LogP contribution in [0.15, 0.2) is 72.9 Å². The molecule has 3 aromatic carbocycles. The number of aromatic nitrogens is 2. The first-order valence-corrected chi connectivity index (χ1v) is 10.9. The second-order valence-corrected chi connectivity index (χ2v) is 8.18. The average Bonchev–Trinajstić information content (AvgIpc) is 3.42. The summed E-state index contributed by atoms with van der Waals surface area (Å²) >= 11 is 0. The van der Waals surface area contributed by atoms with Gasteiger partial charge in [-0.25, -0.2) is 17.9 Å². The van der Waals surface area contributed by atoms with Crippen molar-refractivity contribution in [2.45, 2.75) is 12.6 Å². The van der Waals surface area contributed by atoms with Crippen LogP contribution in [0.3, 0.4) is 0 Å². The number of hydrogen-bond donors (Lipinski definition) is 1. The van der Waals surface area contributed by atoms with Gasteiger partial charge in [-0.1, -0.05) is 12.1 Å². The van der Waals surface area contributed by atoms with Crippen LogP contribution in [0.5, 0.6) is 5.75 Å². The number of ether oxygens (including phenoxy) is 1. The summed E-state index contributed by atoms with van der Waals surface area (Å²) in [7, 11) is 0. The highest BCUT2D eigenvalue weighted by molar-refractivity contribution is 5.80. The fourth-order valence-corrected chi connectivity index (χ4v) is 4.07. The highest BCUT2D eigenvalue weighted by Crippen LogP contribution is 2.35. The number of benzene rings is 3. The Kier molecular flexibility index (Phi) is 6.00. The summed E-state index contributed by atoms with van der Waals surface area (Å²) in [5.74, 6) is -2.02. The lowest BCUT2D eigenvalue weighted by Gasteiger charge is -2.23. The van der Waals surface area contributed by atoms with Gasteiger partial charge in [0.05, 0.1) is 5.69 Å². The summed E-state index contributed by atoms with van der Waals surface area (Å²) in [6.45, 7) is 0.194. The van der Waals surface area contributed by atoms with Gasteiger partial charge < -0.3 is 14.7 Å². The largest absolute Gasteiger partial charge is 0.508 e. The van der Waals surface area contributed by atoms with Gasteiger partial charge in [-0.2, -0.15) is 5.10 Å². The molecule has 9 heteroatoms. The first-order valence-electron chi connectivity index (χ1n) is 10.9. The molecule has 1 saturated heterocycles. The zero-order chi connectivity index (χ0) is 24.5. The maximum atomic E-state index is 13.9. The molecule has 2 heterocycles. The fourth-order valence-electron chi connectivity index (χ4n) is 4.07. The van der Waals surface area contributed by atoms with E-state index in [2.05, 4.69) is 5.10 Å². The maximum Gasteiger partial charge on any atom is 0.250 e. The van der Waals surface area contributed by atoms with Crippen LogP contribution in [0.25, 0.3) is 16.9 Å². The van der Waals surface area contributed by atoms with Crippen molar-refractivity contribution in [1.29, 1.82) is 0 Å². The topological polar surface area (TPSA) is 67.6 Å². The quantitative estimate of drug-likeness (QED) is 0.433. The molecule has 4 aromatic rings. The number of amides is 1. The summed E-state index contributed by atoms with van der Waals surface area (Å²) in [6.07, 6.45) is 1.27. The number of halogens is 3. The van der Waals surface area contributed by atoms with Gasteiger partial charge in [0.1, 0.15) is 35.5 Å². The minimum atomic E-state index is -0.799. The molecule has 1 fully saturated rings. The van der Waals surface area contributed by atoms with E-state index in [0.29, 0.717) is 29.8 Å². The lowest BCUT2D eigenvalue weighted by molar-refractivity contribution is -0.128. The van der Waals surface area contributed by atoms with Crippen molar-refractivity contribution in [2.75, 3.05) is 13.2 Å². The molecule has 0 aliphatic carbocycles. The van der Waals surface area contributed by atoms with E-state index in [4.69, 9.17) is 4.74 Å². The first-order chi connectivity index (χ1) is 16.9. The molecule has 1 aromatic heterocycles. The van der Waals surface area contributed by atoms with Gasteiger partial charge in [-0.05, 0) is 60.5 Å². The van der Waals surface area contributed by atoms with Gasteiger partial charge >= 0.3 is 0 Å². The molecule has 1 aliphatic heterocycles. The molecular weight excluding hydrogens is 459 g/mol.